The van der Waals surface area contributed by atoms with Crippen molar-refractivity contribution in [2.45, 2.75) is 19.8 Å². The normalized spacial score (nSPS) is 11.7. The van der Waals surface area contributed by atoms with Crippen LogP contribution in [-0.4, -0.2) is 19.8 Å². The maximum Gasteiger partial charge on any atom is 0.229 e. The fraction of sp³-hybridized carbons (Fsp3) is 0.400. The van der Waals surface area contributed by atoms with Crippen LogP contribution in [-0.2, 0) is 10.0 Å². The summed E-state index contributed by atoms with van der Waals surface area (Å²) in [6.07, 6.45) is 1.10. The first kappa shape index (κ1) is 11.8. The van der Waals surface area contributed by atoms with E-state index in [2.05, 4.69) is 4.72 Å². The van der Waals surface area contributed by atoms with Gasteiger partial charge in [-0.15, -0.1) is 0 Å². The summed E-state index contributed by atoms with van der Waals surface area (Å²) in [4.78, 5) is 0. The molecule has 0 saturated heterocycles. The van der Waals surface area contributed by atoms with E-state index in [0.29, 0.717) is 5.69 Å². The first-order valence-electron chi connectivity index (χ1n) is 4.60. The summed E-state index contributed by atoms with van der Waals surface area (Å²) < 4.78 is 24.6. The van der Waals surface area contributed by atoms with Crippen LogP contribution in [0, 0.1) is 0 Å². The van der Waals surface area contributed by atoms with Crippen molar-refractivity contribution in [1.82, 2.24) is 0 Å². The van der Waals surface area contributed by atoms with Gasteiger partial charge in [0.15, 0.2) is 0 Å². The second-order valence-electron chi connectivity index (χ2n) is 3.80. The largest absolute Gasteiger partial charge is 0.508 e. The van der Waals surface area contributed by atoms with Gasteiger partial charge in [-0.2, -0.15) is 0 Å². The highest BCUT2D eigenvalue weighted by atomic mass is 32.2. The molecule has 5 heteroatoms. The SMILES string of the molecule is CC(C)c1cc(O)ccc1NS(C)(=O)=O. The van der Waals surface area contributed by atoms with Crippen LogP contribution < -0.4 is 4.72 Å². The van der Waals surface area contributed by atoms with Crippen LogP contribution in [0.2, 0.25) is 0 Å². The van der Waals surface area contributed by atoms with Crippen LogP contribution in [0.5, 0.6) is 5.75 Å². The molecular weight excluding hydrogens is 214 g/mol. The quantitative estimate of drug-likeness (QED) is 0.778. The van der Waals surface area contributed by atoms with Gasteiger partial charge in [0.1, 0.15) is 5.75 Å². The third kappa shape index (κ3) is 3.43. The van der Waals surface area contributed by atoms with E-state index in [-0.39, 0.29) is 11.7 Å². The molecule has 15 heavy (non-hydrogen) atoms. The molecule has 84 valence electrons. The molecule has 1 aromatic carbocycles. The number of phenolic OH excluding ortho intramolecular Hbond substituents is 1. The van der Waals surface area contributed by atoms with E-state index in [0.717, 1.165) is 11.8 Å². The van der Waals surface area contributed by atoms with E-state index < -0.39 is 10.0 Å². The van der Waals surface area contributed by atoms with Gasteiger partial charge in [-0.3, -0.25) is 4.72 Å². The highest BCUT2D eigenvalue weighted by molar-refractivity contribution is 7.92. The minimum atomic E-state index is -3.28. The van der Waals surface area contributed by atoms with Gasteiger partial charge >= 0.3 is 0 Å². The number of rotatable bonds is 3. The zero-order valence-corrected chi connectivity index (χ0v) is 9.80. The molecule has 4 nitrogen and oxygen atoms in total. The van der Waals surface area contributed by atoms with Crippen molar-refractivity contribution < 1.29 is 13.5 Å². The Balaban J connectivity index is 3.18. The van der Waals surface area contributed by atoms with Crippen LogP contribution in [0.3, 0.4) is 0 Å². The number of nitrogens with one attached hydrogen (secondary N) is 1. The van der Waals surface area contributed by atoms with E-state index in [1.165, 1.54) is 6.07 Å². The van der Waals surface area contributed by atoms with Crippen LogP contribution in [0.25, 0.3) is 0 Å². The fourth-order valence-corrected chi connectivity index (χ4v) is 1.91. The van der Waals surface area contributed by atoms with Crippen molar-refractivity contribution in [3.63, 3.8) is 0 Å². The number of hydrogen-bond donors (Lipinski definition) is 2. The molecule has 0 heterocycles. The molecule has 0 aliphatic heterocycles. The monoisotopic (exact) mass is 229 g/mol. The zero-order valence-electron chi connectivity index (χ0n) is 8.98. The standard InChI is InChI=1S/C10H15NO3S/c1-7(2)9-6-8(12)4-5-10(9)11-15(3,13)14/h4-7,11-12H,1-3H3. The molecule has 0 saturated carbocycles. The molecule has 0 amide bonds. The molecule has 0 aliphatic carbocycles. The van der Waals surface area contributed by atoms with Crippen molar-refractivity contribution in [2.75, 3.05) is 11.0 Å². The lowest BCUT2D eigenvalue weighted by Crippen LogP contribution is -2.11. The average Bonchev–Trinajstić information content (AvgIpc) is 2.05. The maximum atomic E-state index is 11.1. The fourth-order valence-electron chi connectivity index (χ4n) is 1.32. The Morgan fingerprint density at radius 2 is 1.93 bits per heavy atom. The van der Waals surface area contributed by atoms with Gasteiger partial charge in [0.2, 0.25) is 10.0 Å². The summed E-state index contributed by atoms with van der Waals surface area (Å²) in [6.45, 7) is 3.87. The van der Waals surface area contributed by atoms with Gasteiger partial charge in [-0.05, 0) is 29.7 Å². The van der Waals surface area contributed by atoms with Crippen molar-refractivity contribution >= 4 is 15.7 Å². The molecular formula is C10H15NO3S. The van der Waals surface area contributed by atoms with Crippen molar-refractivity contribution in [3.05, 3.63) is 23.8 Å². The Labute approximate surface area is 90.0 Å². The molecule has 2 N–H and O–H groups in total. The zero-order chi connectivity index (χ0) is 11.6. The Kier molecular flexibility index (Phi) is 3.24. The summed E-state index contributed by atoms with van der Waals surface area (Å²) in [7, 11) is -3.28. The van der Waals surface area contributed by atoms with Gasteiger partial charge in [0, 0.05) is 0 Å². The number of phenols is 1. The Bertz CT molecular complexity index is 452. The first-order chi connectivity index (χ1) is 6.79. The summed E-state index contributed by atoms with van der Waals surface area (Å²) >= 11 is 0. The molecule has 1 rings (SSSR count). The van der Waals surface area contributed by atoms with Crippen LogP contribution in [0.15, 0.2) is 18.2 Å². The number of sulfonamides is 1. The average molecular weight is 229 g/mol. The molecule has 0 radical (unpaired) electrons. The lowest BCUT2D eigenvalue weighted by molar-refractivity contribution is 0.474. The first-order valence-corrected chi connectivity index (χ1v) is 6.49. The second kappa shape index (κ2) is 4.10. The minimum Gasteiger partial charge on any atom is -0.508 e. The van der Waals surface area contributed by atoms with Gasteiger partial charge < -0.3 is 5.11 Å². The highest BCUT2D eigenvalue weighted by Crippen LogP contribution is 2.28. The van der Waals surface area contributed by atoms with Gasteiger partial charge in [-0.25, -0.2) is 8.42 Å². The van der Waals surface area contributed by atoms with Crippen LogP contribution in [0.1, 0.15) is 25.3 Å². The summed E-state index contributed by atoms with van der Waals surface area (Å²) in [6, 6.07) is 4.59. The number of hydrogen-bond acceptors (Lipinski definition) is 3. The Morgan fingerprint density at radius 1 is 1.33 bits per heavy atom. The molecule has 0 aromatic heterocycles. The third-order valence-electron chi connectivity index (χ3n) is 1.95. The van der Waals surface area contributed by atoms with Gasteiger partial charge in [0.05, 0.1) is 11.9 Å². The second-order valence-corrected chi connectivity index (χ2v) is 5.55. The predicted molar refractivity (Wildman–Crippen MR) is 60.7 cm³/mol. The van der Waals surface area contributed by atoms with E-state index in [9.17, 15) is 13.5 Å². The van der Waals surface area contributed by atoms with E-state index in [1.54, 1.807) is 12.1 Å². The van der Waals surface area contributed by atoms with Gasteiger partial charge in [-0.1, -0.05) is 13.8 Å². The lowest BCUT2D eigenvalue weighted by Gasteiger charge is -2.13. The smallest absolute Gasteiger partial charge is 0.229 e. The van der Waals surface area contributed by atoms with Crippen LogP contribution >= 0.6 is 0 Å². The molecule has 1 aromatic rings. The molecule has 0 unspecified atom stereocenters. The van der Waals surface area contributed by atoms with E-state index in [4.69, 9.17) is 0 Å². The van der Waals surface area contributed by atoms with Crippen molar-refractivity contribution in [3.8, 4) is 5.75 Å². The lowest BCUT2D eigenvalue weighted by atomic mass is 10.0. The number of aromatic hydroxyl groups is 1. The van der Waals surface area contributed by atoms with Gasteiger partial charge in [0.25, 0.3) is 0 Å². The molecule has 0 atom stereocenters. The van der Waals surface area contributed by atoms with E-state index >= 15 is 0 Å². The molecule has 0 aliphatic rings. The Hall–Kier alpha value is -1.23. The van der Waals surface area contributed by atoms with Crippen molar-refractivity contribution in [2.24, 2.45) is 0 Å². The summed E-state index contributed by atoms with van der Waals surface area (Å²) in [5, 5.41) is 9.31. The van der Waals surface area contributed by atoms with Crippen LogP contribution in [0.4, 0.5) is 5.69 Å². The number of anilines is 1. The highest BCUT2D eigenvalue weighted by Gasteiger charge is 2.10. The predicted octanol–water partition coefficient (Wildman–Crippen LogP) is 1.89. The summed E-state index contributed by atoms with van der Waals surface area (Å²) in [5.41, 5.74) is 1.30. The summed E-state index contributed by atoms with van der Waals surface area (Å²) in [5.74, 6) is 0.277. The van der Waals surface area contributed by atoms with Crippen molar-refractivity contribution in [1.29, 1.82) is 0 Å². The Morgan fingerprint density at radius 3 is 2.40 bits per heavy atom. The maximum absolute atomic E-state index is 11.1. The minimum absolute atomic E-state index is 0.137. The van der Waals surface area contributed by atoms with E-state index in [1.807, 2.05) is 13.8 Å². The molecule has 0 bridgehead atoms. The molecule has 0 spiro atoms. The number of benzene rings is 1. The topological polar surface area (TPSA) is 66.4 Å². The third-order valence-corrected chi connectivity index (χ3v) is 2.54. The molecule has 0 fully saturated rings.